The Hall–Kier alpha value is -1.51. The molecule has 1 rings (SSSR count). The lowest BCUT2D eigenvalue weighted by Crippen LogP contribution is -2.24. The van der Waals surface area contributed by atoms with Gasteiger partial charge < -0.3 is 10.6 Å². The lowest BCUT2D eigenvalue weighted by atomic mass is 10.1. The van der Waals surface area contributed by atoms with Crippen molar-refractivity contribution >= 4 is 11.6 Å². The lowest BCUT2D eigenvalue weighted by Gasteiger charge is -2.08. The van der Waals surface area contributed by atoms with E-state index in [1.165, 1.54) is 19.3 Å². The largest absolute Gasteiger partial charge is 0.388 e. The van der Waals surface area contributed by atoms with E-state index in [2.05, 4.69) is 17.6 Å². The highest BCUT2D eigenvalue weighted by Crippen LogP contribution is 2.15. The summed E-state index contributed by atoms with van der Waals surface area (Å²) in [5.41, 5.74) is 2.90. The van der Waals surface area contributed by atoms with Gasteiger partial charge in [-0.1, -0.05) is 26.2 Å². The number of hydrogen-bond donors (Lipinski definition) is 2. The molecule has 3 nitrogen and oxygen atoms in total. The first-order valence-corrected chi connectivity index (χ1v) is 6.75. The summed E-state index contributed by atoms with van der Waals surface area (Å²) >= 11 is 0. The minimum atomic E-state index is 0.0252. The maximum atomic E-state index is 11.9. The Kier molecular flexibility index (Phi) is 6.26. The summed E-state index contributed by atoms with van der Waals surface area (Å²) in [5.74, 6) is 0.0252. The summed E-state index contributed by atoms with van der Waals surface area (Å²) < 4.78 is 0. The summed E-state index contributed by atoms with van der Waals surface area (Å²) in [7, 11) is 1.88. The maximum absolute atomic E-state index is 11.9. The van der Waals surface area contributed by atoms with Gasteiger partial charge >= 0.3 is 0 Å². The Morgan fingerprint density at radius 1 is 1.22 bits per heavy atom. The van der Waals surface area contributed by atoms with Gasteiger partial charge in [0.2, 0.25) is 0 Å². The fraction of sp³-hybridized carbons (Fsp3) is 0.533. The normalized spacial score (nSPS) is 10.2. The lowest BCUT2D eigenvalue weighted by molar-refractivity contribution is 0.0953. The summed E-state index contributed by atoms with van der Waals surface area (Å²) in [6.45, 7) is 4.96. The summed E-state index contributed by atoms with van der Waals surface area (Å²) in [4.78, 5) is 11.9. The molecule has 0 unspecified atom stereocenters. The average Bonchev–Trinajstić information content (AvgIpc) is 2.38. The molecule has 0 aliphatic rings. The van der Waals surface area contributed by atoms with Crippen molar-refractivity contribution in [2.24, 2.45) is 0 Å². The van der Waals surface area contributed by atoms with Crippen LogP contribution in [0.25, 0.3) is 0 Å². The fourth-order valence-electron chi connectivity index (χ4n) is 1.94. The van der Waals surface area contributed by atoms with Crippen LogP contribution < -0.4 is 10.6 Å². The zero-order chi connectivity index (χ0) is 13.4. The highest BCUT2D eigenvalue weighted by atomic mass is 16.1. The number of rotatable bonds is 7. The van der Waals surface area contributed by atoms with E-state index < -0.39 is 0 Å². The van der Waals surface area contributed by atoms with E-state index in [4.69, 9.17) is 0 Å². The number of aryl methyl sites for hydroxylation is 1. The Balaban J connectivity index is 2.44. The number of carbonyl (C=O) groups excluding carboxylic acids is 1. The van der Waals surface area contributed by atoms with Gasteiger partial charge in [-0.2, -0.15) is 0 Å². The number of unbranched alkanes of at least 4 members (excludes halogenated alkanes) is 3. The van der Waals surface area contributed by atoms with E-state index >= 15 is 0 Å². The molecule has 18 heavy (non-hydrogen) atoms. The molecule has 0 bridgehead atoms. The van der Waals surface area contributed by atoms with Crippen molar-refractivity contribution in [1.82, 2.24) is 5.32 Å². The highest BCUT2D eigenvalue weighted by molar-refractivity contribution is 5.94. The van der Waals surface area contributed by atoms with Crippen LogP contribution in [0.5, 0.6) is 0 Å². The quantitative estimate of drug-likeness (QED) is 0.727. The monoisotopic (exact) mass is 248 g/mol. The second-order valence-electron chi connectivity index (χ2n) is 4.60. The smallest absolute Gasteiger partial charge is 0.251 e. The highest BCUT2D eigenvalue weighted by Gasteiger charge is 2.06. The van der Waals surface area contributed by atoms with Crippen molar-refractivity contribution in [2.45, 2.75) is 39.5 Å². The van der Waals surface area contributed by atoms with Crippen LogP contribution in [-0.2, 0) is 0 Å². The van der Waals surface area contributed by atoms with E-state index in [-0.39, 0.29) is 5.91 Å². The van der Waals surface area contributed by atoms with Crippen molar-refractivity contribution in [3.63, 3.8) is 0 Å². The Morgan fingerprint density at radius 3 is 2.61 bits per heavy atom. The Morgan fingerprint density at radius 2 is 2.00 bits per heavy atom. The van der Waals surface area contributed by atoms with Gasteiger partial charge in [-0.15, -0.1) is 0 Å². The third kappa shape index (κ3) is 4.40. The van der Waals surface area contributed by atoms with E-state index in [1.54, 1.807) is 0 Å². The predicted molar refractivity (Wildman–Crippen MR) is 77.2 cm³/mol. The first kappa shape index (κ1) is 14.6. The van der Waals surface area contributed by atoms with Gasteiger partial charge in [0.25, 0.3) is 5.91 Å². The molecule has 0 radical (unpaired) electrons. The van der Waals surface area contributed by atoms with Crippen molar-refractivity contribution in [1.29, 1.82) is 0 Å². The molecule has 0 aliphatic carbocycles. The molecule has 1 aromatic carbocycles. The number of benzene rings is 1. The number of nitrogens with one attached hydrogen (secondary N) is 2. The molecule has 0 atom stereocenters. The van der Waals surface area contributed by atoms with Gasteiger partial charge in [0, 0.05) is 24.8 Å². The van der Waals surface area contributed by atoms with Gasteiger partial charge in [-0.3, -0.25) is 4.79 Å². The number of amides is 1. The second-order valence-corrected chi connectivity index (χ2v) is 4.60. The molecule has 100 valence electrons. The van der Waals surface area contributed by atoms with Crippen molar-refractivity contribution < 1.29 is 4.79 Å². The zero-order valence-corrected chi connectivity index (χ0v) is 11.7. The van der Waals surface area contributed by atoms with Gasteiger partial charge in [-0.25, -0.2) is 0 Å². The SMILES string of the molecule is CCCCCCNC(=O)c1ccc(NC)c(C)c1. The van der Waals surface area contributed by atoms with Crippen LogP contribution in [0.15, 0.2) is 18.2 Å². The van der Waals surface area contributed by atoms with Crippen LogP contribution in [0.3, 0.4) is 0 Å². The molecule has 3 heteroatoms. The van der Waals surface area contributed by atoms with E-state index in [0.29, 0.717) is 0 Å². The van der Waals surface area contributed by atoms with Crippen LogP contribution in [-0.4, -0.2) is 19.5 Å². The van der Waals surface area contributed by atoms with Gasteiger partial charge in [0.1, 0.15) is 0 Å². The van der Waals surface area contributed by atoms with E-state index in [9.17, 15) is 4.79 Å². The molecule has 0 spiro atoms. The Bertz CT molecular complexity index is 388. The number of hydrogen-bond acceptors (Lipinski definition) is 2. The molecule has 0 saturated heterocycles. The summed E-state index contributed by atoms with van der Waals surface area (Å²) in [6, 6.07) is 5.73. The van der Waals surface area contributed by atoms with Gasteiger partial charge in [-0.05, 0) is 37.1 Å². The molecule has 1 amide bonds. The van der Waals surface area contributed by atoms with Crippen molar-refractivity contribution in [2.75, 3.05) is 18.9 Å². The molecular weight excluding hydrogens is 224 g/mol. The van der Waals surface area contributed by atoms with Crippen LogP contribution in [0.2, 0.25) is 0 Å². The molecule has 2 N–H and O–H groups in total. The molecular formula is C15H24N2O. The molecule has 0 aliphatic heterocycles. The van der Waals surface area contributed by atoms with Crippen LogP contribution in [0, 0.1) is 6.92 Å². The van der Waals surface area contributed by atoms with Crippen LogP contribution >= 0.6 is 0 Å². The van der Waals surface area contributed by atoms with Gasteiger partial charge in [0.05, 0.1) is 0 Å². The first-order chi connectivity index (χ1) is 8.69. The standard InChI is InChI=1S/C15H24N2O/c1-4-5-6-7-10-17-15(18)13-8-9-14(16-3)12(2)11-13/h8-9,11,16H,4-7,10H2,1-3H3,(H,17,18). The maximum Gasteiger partial charge on any atom is 0.251 e. The predicted octanol–water partition coefficient (Wildman–Crippen LogP) is 3.35. The molecule has 0 heterocycles. The Labute approximate surface area is 110 Å². The van der Waals surface area contributed by atoms with Gasteiger partial charge in [0.15, 0.2) is 0 Å². The van der Waals surface area contributed by atoms with Crippen LogP contribution in [0.1, 0.15) is 48.5 Å². The number of carbonyl (C=O) groups is 1. The summed E-state index contributed by atoms with van der Waals surface area (Å²) in [5, 5.41) is 6.06. The molecule has 0 saturated carbocycles. The first-order valence-electron chi connectivity index (χ1n) is 6.75. The molecule has 0 fully saturated rings. The van der Waals surface area contributed by atoms with Crippen LogP contribution in [0.4, 0.5) is 5.69 Å². The summed E-state index contributed by atoms with van der Waals surface area (Å²) in [6.07, 6.45) is 4.71. The van der Waals surface area contributed by atoms with E-state index in [0.717, 1.165) is 29.8 Å². The van der Waals surface area contributed by atoms with Crippen molar-refractivity contribution in [3.8, 4) is 0 Å². The third-order valence-electron chi connectivity index (χ3n) is 3.07. The topological polar surface area (TPSA) is 41.1 Å². The van der Waals surface area contributed by atoms with E-state index in [1.807, 2.05) is 32.2 Å². The second kappa shape index (κ2) is 7.75. The zero-order valence-electron chi connectivity index (χ0n) is 11.7. The van der Waals surface area contributed by atoms with Crippen molar-refractivity contribution in [3.05, 3.63) is 29.3 Å². The third-order valence-corrected chi connectivity index (χ3v) is 3.07. The fourth-order valence-corrected chi connectivity index (χ4v) is 1.94. The average molecular weight is 248 g/mol. The molecule has 1 aromatic rings. The minimum absolute atomic E-state index is 0.0252. The minimum Gasteiger partial charge on any atom is -0.388 e. The molecule has 0 aromatic heterocycles. The number of anilines is 1.